The van der Waals surface area contributed by atoms with Crippen molar-refractivity contribution in [1.82, 2.24) is 5.32 Å². The molecule has 0 aromatic heterocycles. The monoisotopic (exact) mass is 866 g/mol. The van der Waals surface area contributed by atoms with Crippen molar-refractivity contribution in [2.24, 2.45) is 0 Å². The minimum absolute atomic E-state index is 0.177. The molecule has 0 aromatic carbocycles. The maximum atomic E-state index is 13.0. The number of hydrogen-bond acceptors (Lipinski definition) is 8. The molecule has 0 aromatic rings. The average molecular weight is 866 g/mol. The van der Waals surface area contributed by atoms with E-state index in [9.17, 15) is 30.3 Å². The number of ether oxygens (including phenoxy) is 2. The first kappa shape index (κ1) is 57.7. The highest BCUT2D eigenvalue weighted by Crippen LogP contribution is 2.23. The Hall–Kier alpha value is -1.33. The molecule has 7 atom stereocenters. The third-order valence-electron chi connectivity index (χ3n) is 12.5. The molecule has 61 heavy (non-hydrogen) atoms. The van der Waals surface area contributed by atoms with E-state index in [1.807, 2.05) is 6.08 Å². The summed E-state index contributed by atoms with van der Waals surface area (Å²) in [5.41, 5.74) is 0. The lowest BCUT2D eigenvalue weighted by atomic mass is 9.99. The maximum absolute atomic E-state index is 13.0. The number of unbranched alkanes of at least 4 members (excludes halogenated alkanes) is 32. The smallest absolute Gasteiger partial charge is 0.220 e. The van der Waals surface area contributed by atoms with Crippen molar-refractivity contribution in [3.63, 3.8) is 0 Å². The summed E-state index contributed by atoms with van der Waals surface area (Å²) in [5.74, 6) is -0.177. The van der Waals surface area contributed by atoms with Crippen molar-refractivity contribution in [2.75, 3.05) is 13.2 Å². The van der Waals surface area contributed by atoms with Crippen LogP contribution in [0.2, 0.25) is 0 Å². The van der Waals surface area contributed by atoms with Gasteiger partial charge in [0.15, 0.2) is 6.29 Å². The second kappa shape index (κ2) is 42.6. The van der Waals surface area contributed by atoms with Gasteiger partial charge in [0.05, 0.1) is 25.4 Å². The van der Waals surface area contributed by atoms with E-state index in [1.54, 1.807) is 6.08 Å². The topological polar surface area (TPSA) is 149 Å². The van der Waals surface area contributed by atoms with Crippen LogP contribution in [0.25, 0.3) is 0 Å². The molecule has 1 rings (SSSR count). The van der Waals surface area contributed by atoms with Gasteiger partial charge in [0, 0.05) is 6.42 Å². The Morgan fingerprint density at radius 3 is 1.33 bits per heavy atom. The van der Waals surface area contributed by atoms with Gasteiger partial charge < -0.3 is 40.3 Å². The first-order valence-electron chi connectivity index (χ1n) is 26.1. The maximum Gasteiger partial charge on any atom is 0.220 e. The van der Waals surface area contributed by atoms with Crippen molar-refractivity contribution in [1.29, 1.82) is 0 Å². The largest absolute Gasteiger partial charge is 0.394 e. The molecule has 360 valence electrons. The predicted octanol–water partition coefficient (Wildman–Crippen LogP) is 11.8. The fourth-order valence-corrected chi connectivity index (χ4v) is 8.33. The molecule has 0 spiro atoms. The first-order valence-corrected chi connectivity index (χ1v) is 26.1. The van der Waals surface area contributed by atoms with Crippen LogP contribution in [-0.2, 0) is 14.3 Å². The van der Waals surface area contributed by atoms with Crippen LogP contribution in [0.4, 0.5) is 0 Å². The summed E-state index contributed by atoms with van der Waals surface area (Å²) in [6.45, 7) is 3.78. The quantitative estimate of drug-likeness (QED) is 0.0262. The summed E-state index contributed by atoms with van der Waals surface area (Å²) < 4.78 is 11.2. The van der Waals surface area contributed by atoms with Crippen molar-refractivity contribution >= 4 is 5.91 Å². The summed E-state index contributed by atoms with van der Waals surface area (Å²) in [7, 11) is 0. The molecule has 1 amide bonds. The van der Waals surface area contributed by atoms with Crippen molar-refractivity contribution in [3.8, 4) is 0 Å². The molecule has 6 N–H and O–H groups in total. The third kappa shape index (κ3) is 32.9. The Labute approximate surface area is 375 Å². The van der Waals surface area contributed by atoms with Gasteiger partial charge in [-0.05, 0) is 44.9 Å². The number of aliphatic hydroxyl groups excluding tert-OH is 5. The molecule has 1 aliphatic heterocycles. The van der Waals surface area contributed by atoms with Gasteiger partial charge >= 0.3 is 0 Å². The lowest BCUT2D eigenvalue weighted by Crippen LogP contribution is -2.60. The summed E-state index contributed by atoms with van der Waals surface area (Å²) in [4.78, 5) is 13.0. The van der Waals surface area contributed by atoms with E-state index >= 15 is 0 Å². The Kier molecular flexibility index (Phi) is 40.3. The van der Waals surface area contributed by atoms with Crippen molar-refractivity contribution in [3.05, 3.63) is 24.3 Å². The molecule has 7 unspecified atom stereocenters. The van der Waals surface area contributed by atoms with Crippen LogP contribution in [-0.4, -0.2) is 87.5 Å². The van der Waals surface area contributed by atoms with E-state index in [-0.39, 0.29) is 12.5 Å². The highest BCUT2D eigenvalue weighted by molar-refractivity contribution is 5.76. The molecule has 0 aliphatic carbocycles. The van der Waals surface area contributed by atoms with Gasteiger partial charge in [-0.25, -0.2) is 0 Å². The Bertz CT molecular complexity index is 1010. The minimum atomic E-state index is -1.56. The number of allylic oxidation sites excluding steroid dienone is 3. The molecule has 1 aliphatic rings. The summed E-state index contributed by atoms with van der Waals surface area (Å²) >= 11 is 0. The Balaban J connectivity index is 2.20. The average Bonchev–Trinajstić information content (AvgIpc) is 3.26. The molecule has 0 bridgehead atoms. The van der Waals surface area contributed by atoms with E-state index in [4.69, 9.17) is 9.47 Å². The van der Waals surface area contributed by atoms with E-state index in [2.05, 4.69) is 31.3 Å². The van der Waals surface area contributed by atoms with Crippen LogP contribution in [0.1, 0.15) is 245 Å². The molecular formula is C52H99NO8. The van der Waals surface area contributed by atoms with Gasteiger partial charge in [0.25, 0.3) is 0 Å². The number of hydrogen-bond donors (Lipinski definition) is 6. The highest BCUT2D eigenvalue weighted by atomic mass is 16.7. The zero-order valence-electron chi connectivity index (χ0n) is 39.7. The van der Waals surface area contributed by atoms with Gasteiger partial charge in [-0.3, -0.25) is 4.79 Å². The van der Waals surface area contributed by atoms with Gasteiger partial charge in [-0.2, -0.15) is 0 Å². The molecule has 1 heterocycles. The first-order chi connectivity index (χ1) is 29.8. The van der Waals surface area contributed by atoms with E-state index in [0.717, 1.165) is 38.5 Å². The van der Waals surface area contributed by atoms with Crippen LogP contribution in [0.3, 0.4) is 0 Å². The van der Waals surface area contributed by atoms with Crippen LogP contribution in [0.5, 0.6) is 0 Å². The zero-order valence-corrected chi connectivity index (χ0v) is 39.7. The van der Waals surface area contributed by atoms with E-state index < -0.39 is 49.5 Å². The number of rotatable bonds is 44. The van der Waals surface area contributed by atoms with Crippen molar-refractivity contribution in [2.45, 2.75) is 288 Å². The normalized spacial score (nSPS) is 20.5. The molecule has 0 saturated carbocycles. The fourth-order valence-electron chi connectivity index (χ4n) is 8.33. The predicted molar refractivity (Wildman–Crippen MR) is 253 cm³/mol. The molecular weight excluding hydrogens is 767 g/mol. The number of amides is 1. The van der Waals surface area contributed by atoms with Crippen molar-refractivity contribution < 1.29 is 39.8 Å². The summed E-state index contributed by atoms with van der Waals surface area (Å²) in [5, 5.41) is 54.2. The number of nitrogens with one attached hydrogen (secondary N) is 1. The second-order valence-electron chi connectivity index (χ2n) is 18.3. The van der Waals surface area contributed by atoms with Gasteiger partial charge in [0.1, 0.15) is 24.4 Å². The molecule has 9 heteroatoms. The SMILES string of the molecule is CCCCCCCCCCCC/C=C/C(O)C(COC1OC(CO)C(O)C(O)C1O)NC(=O)CCCCCCCCCCCC/C=C\CCCCCCCCCCCCCC. The van der Waals surface area contributed by atoms with E-state index in [1.165, 1.54) is 186 Å². The van der Waals surface area contributed by atoms with Crippen LogP contribution in [0, 0.1) is 0 Å². The lowest BCUT2D eigenvalue weighted by molar-refractivity contribution is -0.302. The lowest BCUT2D eigenvalue weighted by Gasteiger charge is -2.40. The summed E-state index contributed by atoms with van der Waals surface area (Å²) in [6.07, 6.45) is 45.3. The van der Waals surface area contributed by atoms with Gasteiger partial charge in [0.2, 0.25) is 5.91 Å². The fraction of sp³-hybridized carbons (Fsp3) is 0.904. The number of carbonyl (C=O) groups is 1. The molecule has 1 saturated heterocycles. The molecule has 9 nitrogen and oxygen atoms in total. The number of carbonyl (C=O) groups excluding carboxylic acids is 1. The third-order valence-corrected chi connectivity index (χ3v) is 12.5. The molecule has 0 radical (unpaired) electrons. The standard InChI is InChI=1S/C52H99NO8/c1-3-5-7-9-11-13-15-17-18-19-20-21-22-23-24-25-26-27-28-29-30-32-34-36-38-40-42-48(56)53-45(44-60-52-51(59)50(58)49(57)47(43-54)61-52)46(55)41-39-37-35-33-31-16-14-12-10-8-6-4-2/h23-24,39,41,45-47,49-52,54-55,57-59H,3-22,25-38,40,42-44H2,1-2H3,(H,53,56)/b24-23-,41-39+. The minimum Gasteiger partial charge on any atom is -0.394 e. The van der Waals surface area contributed by atoms with Gasteiger partial charge in [-0.15, -0.1) is 0 Å². The highest BCUT2D eigenvalue weighted by Gasteiger charge is 2.44. The number of aliphatic hydroxyl groups is 5. The Morgan fingerprint density at radius 1 is 0.541 bits per heavy atom. The van der Waals surface area contributed by atoms with E-state index in [0.29, 0.717) is 6.42 Å². The van der Waals surface area contributed by atoms with Gasteiger partial charge in [-0.1, -0.05) is 218 Å². The van der Waals surface area contributed by atoms with Crippen LogP contribution < -0.4 is 5.32 Å². The van der Waals surface area contributed by atoms with Crippen LogP contribution >= 0.6 is 0 Å². The Morgan fingerprint density at radius 2 is 0.918 bits per heavy atom. The molecule has 1 fully saturated rings. The van der Waals surface area contributed by atoms with Crippen LogP contribution in [0.15, 0.2) is 24.3 Å². The zero-order chi connectivity index (χ0) is 44.4. The second-order valence-corrected chi connectivity index (χ2v) is 18.3. The summed E-state index contributed by atoms with van der Waals surface area (Å²) in [6, 6.07) is -0.802.